The van der Waals surface area contributed by atoms with Crippen LogP contribution >= 0.6 is 0 Å². The van der Waals surface area contributed by atoms with E-state index in [2.05, 4.69) is 15.5 Å². The standard InChI is InChI=1S/C9H14N4O3/c1-6-11-12-8(16-6)10-7(14)3-13-4-9(2,15)5-13/h15H,3-5H2,1-2H3,(H,10,12,14). The van der Waals surface area contributed by atoms with E-state index in [0.29, 0.717) is 19.0 Å². The van der Waals surface area contributed by atoms with Crippen molar-refractivity contribution >= 4 is 11.9 Å². The van der Waals surface area contributed by atoms with Crippen LogP contribution < -0.4 is 5.32 Å². The normalized spacial score (nSPS) is 19.2. The first-order valence-electron chi connectivity index (χ1n) is 4.99. The van der Waals surface area contributed by atoms with Gasteiger partial charge in [0.05, 0.1) is 12.1 Å². The second-order valence-electron chi connectivity index (χ2n) is 4.32. The van der Waals surface area contributed by atoms with Crippen molar-refractivity contribution in [3.05, 3.63) is 5.89 Å². The van der Waals surface area contributed by atoms with Crippen molar-refractivity contribution < 1.29 is 14.3 Å². The molecule has 1 aliphatic rings. The molecule has 7 heteroatoms. The third-order valence-electron chi connectivity index (χ3n) is 2.27. The zero-order valence-electron chi connectivity index (χ0n) is 9.23. The molecule has 1 aromatic heterocycles. The van der Waals surface area contributed by atoms with Gasteiger partial charge >= 0.3 is 6.01 Å². The summed E-state index contributed by atoms with van der Waals surface area (Å²) < 4.78 is 5.01. The van der Waals surface area contributed by atoms with Crippen molar-refractivity contribution in [3.63, 3.8) is 0 Å². The number of nitrogens with zero attached hydrogens (tertiary/aromatic N) is 3. The van der Waals surface area contributed by atoms with Crippen LogP contribution in [0.5, 0.6) is 0 Å². The Hall–Kier alpha value is -1.47. The highest BCUT2D eigenvalue weighted by Crippen LogP contribution is 2.18. The zero-order chi connectivity index (χ0) is 11.8. The Morgan fingerprint density at radius 3 is 2.81 bits per heavy atom. The second kappa shape index (κ2) is 3.84. The minimum Gasteiger partial charge on any atom is -0.408 e. The lowest BCUT2D eigenvalue weighted by Gasteiger charge is -2.43. The highest BCUT2D eigenvalue weighted by Gasteiger charge is 2.37. The largest absolute Gasteiger partial charge is 0.408 e. The molecule has 0 spiro atoms. The molecule has 16 heavy (non-hydrogen) atoms. The maximum absolute atomic E-state index is 11.5. The van der Waals surface area contributed by atoms with Gasteiger partial charge in [0.25, 0.3) is 0 Å². The van der Waals surface area contributed by atoms with Crippen LogP contribution in [0.1, 0.15) is 12.8 Å². The van der Waals surface area contributed by atoms with E-state index < -0.39 is 5.60 Å². The Labute approximate surface area is 92.4 Å². The first kappa shape index (κ1) is 11.0. The number of hydrogen-bond donors (Lipinski definition) is 2. The number of carbonyl (C=O) groups is 1. The van der Waals surface area contributed by atoms with E-state index in [4.69, 9.17) is 4.42 Å². The van der Waals surface area contributed by atoms with Crippen molar-refractivity contribution in [3.8, 4) is 0 Å². The lowest BCUT2D eigenvalue weighted by molar-refractivity contribution is -0.125. The average molecular weight is 226 g/mol. The second-order valence-corrected chi connectivity index (χ2v) is 4.32. The molecule has 0 atom stereocenters. The summed E-state index contributed by atoms with van der Waals surface area (Å²) >= 11 is 0. The molecule has 0 saturated carbocycles. The smallest absolute Gasteiger partial charge is 0.322 e. The van der Waals surface area contributed by atoms with Gasteiger partial charge < -0.3 is 9.52 Å². The molecule has 0 aliphatic carbocycles. The lowest BCUT2D eigenvalue weighted by atomic mass is 9.97. The molecular weight excluding hydrogens is 212 g/mol. The molecule has 1 aliphatic heterocycles. The molecule has 0 bridgehead atoms. The molecule has 1 saturated heterocycles. The highest BCUT2D eigenvalue weighted by molar-refractivity contribution is 5.90. The number of aryl methyl sites for hydroxylation is 1. The van der Waals surface area contributed by atoms with E-state index in [-0.39, 0.29) is 18.5 Å². The highest BCUT2D eigenvalue weighted by atomic mass is 16.4. The molecule has 2 N–H and O–H groups in total. The maximum Gasteiger partial charge on any atom is 0.322 e. The summed E-state index contributed by atoms with van der Waals surface area (Å²) in [6, 6.07) is 0.106. The maximum atomic E-state index is 11.5. The Morgan fingerprint density at radius 2 is 2.31 bits per heavy atom. The van der Waals surface area contributed by atoms with E-state index in [1.54, 1.807) is 13.8 Å². The van der Waals surface area contributed by atoms with Gasteiger partial charge in [0.15, 0.2) is 0 Å². The van der Waals surface area contributed by atoms with Crippen LogP contribution in [0.25, 0.3) is 0 Å². The van der Waals surface area contributed by atoms with Crippen molar-refractivity contribution in [2.45, 2.75) is 19.4 Å². The number of carbonyl (C=O) groups excluding carboxylic acids is 1. The fourth-order valence-corrected chi connectivity index (χ4v) is 1.74. The van der Waals surface area contributed by atoms with E-state index >= 15 is 0 Å². The first-order valence-corrected chi connectivity index (χ1v) is 4.99. The van der Waals surface area contributed by atoms with E-state index in [1.165, 1.54) is 0 Å². The van der Waals surface area contributed by atoms with Crippen LogP contribution in [0.2, 0.25) is 0 Å². The Bertz CT molecular complexity index is 393. The van der Waals surface area contributed by atoms with Gasteiger partial charge in [0, 0.05) is 20.0 Å². The van der Waals surface area contributed by atoms with Crippen LogP contribution in [0.15, 0.2) is 4.42 Å². The molecule has 0 aromatic carbocycles. The summed E-state index contributed by atoms with van der Waals surface area (Å²) in [5.41, 5.74) is -0.665. The summed E-state index contributed by atoms with van der Waals surface area (Å²) in [6.45, 7) is 4.61. The van der Waals surface area contributed by atoms with Crippen molar-refractivity contribution in [1.29, 1.82) is 0 Å². The first-order chi connectivity index (χ1) is 7.44. The van der Waals surface area contributed by atoms with Gasteiger partial charge in [0.1, 0.15) is 0 Å². The SMILES string of the molecule is Cc1nnc(NC(=O)CN2CC(C)(O)C2)o1. The monoisotopic (exact) mass is 226 g/mol. The fraction of sp³-hybridized carbons (Fsp3) is 0.667. The van der Waals surface area contributed by atoms with Crippen LogP contribution in [0.3, 0.4) is 0 Å². The summed E-state index contributed by atoms with van der Waals surface area (Å²) in [4.78, 5) is 13.3. The van der Waals surface area contributed by atoms with E-state index in [9.17, 15) is 9.90 Å². The molecule has 88 valence electrons. The number of rotatable bonds is 3. The van der Waals surface area contributed by atoms with Crippen molar-refractivity contribution in [2.75, 3.05) is 25.0 Å². The van der Waals surface area contributed by atoms with Crippen molar-refractivity contribution in [2.24, 2.45) is 0 Å². The van der Waals surface area contributed by atoms with Gasteiger partial charge in [-0.05, 0) is 6.92 Å². The Morgan fingerprint density at radius 1 is 1.62 bits per heavy atom. The third-order valence-corrected chi connectivity index (χ3v) is 2.27. The predicted octanol–water partition coefficient (Wildman–Crippen LogP) is -0.617. The predicted molar refractivity (Wildman–Crippen MR) is 54.7 cm³/mol. The number of amides is 1. The van der Waals surface area contributed by atoms with Crippen LogP contribution in [-0.4, -0.2) is 51.3 Å². The summed E-state index contributed by atoms with van der Waals surface area (Å²) in [5.74, 6) is 0.182. The Balaban J connectivity index is 1.77. The molecule has 0 radical (unpaired) electrons. The zero-order valence-corrected chi connectivity index (χ0v) is 9.23. The molecule has 1 fully saturated rings. The van der Waals surface area contributed by atoms with Gasteiger partial charge in [-0.25, -0.2) is 0 Å². The van der Waals surface area contributed by atoms with E-state index in [1.807, 2.05) is 4.90 Å². The van der Waals surface area contributed by atoms with Crippen molar-refractivity contribution in [1.82, 2.24) is 15.1 Å². The number of aromatic nitrogens is 2. The number of β-amino-alcohol motifs (C(OH)–C–C–N with tert-alkyl or cyclic N) is 1. The summed E-state index contributed by atoms with van der Waals surface area (Å²) in [7, 11) is 0. The number of aliphatic hydroxyl groups is 1. The van der Waals surface area contributed by atoms with Gasteiger partial charge in [-0.15, -0.1) is 5.10 Å². The van der Waals surface area contributed by atoms with E-state index in [0.717, 1.165) is 0 Å². The summed E-state index contributed by atoms with van der Waals surface area (Å²) in [5, 5.41) is 19.2. The van der Waals surface area contributed by atoms with Crippen LogP contribution in [0, 0.1) is 6.92 Å². The third kappa shape index (κ3) is 2.56. The van der Waals surface area contributed by atoms with Gasteiger partial charge in [-0.3, -0.25) is 15.0 Å². The lowest BCUT2D eigenvalue weighted by Crippen LogP contribution is -2.61. The molecule has 2 heterocycles. The van der Waals surface area contributed by atoms with Gasteiger partial charge in [-0.2, -0.15) is 0 Å². The van der Waals surface area contributed by atoms with Crippen LogP contribution in [-0.2, 0) is 4.79 Å². The Kier molecular flexibility index (Phi) is 2.64. The molecule has 0 unspecified atom stereocenters. The topological polar surface area (TPSA) is 91.5 Å². The fourth-order valence-electron chi connectivity index (χ4n) is 1.74. The summed E-state index contributed by atoms with van der Waals surface area (Å²) in [6.07, 6.45) is 0. The molecule has 7 nitrogen and oxygen atoms in total. The van der Waals surface area contributed by atoms with Gasteiger partial charge in [0.2, 0.25) is 11.8 Å². The minimum atomic E-state index is -0.665. The molecular formula is C9H14N4O3. The number of anilines is 1. The quantitative estimate of drug-likeness (QED) is 0.714. The molecule has 1 aromatic rings. The van der Waals surface area contributed by atoms with Crippen LogP contribution in [0.4, 0.5) is 6.01 Å². The molecule has 1 amide bonds. The minimum absolute atomic E-state index is 0.106. The number of nitrogens with one attached hydrogen (secondary N) is 1. The average Bonchev–Trinajstić information content (AvgIpc) is 2.47. The number of likely N-dealkylation sites (tertiary alicyclic amines) is 1. The van der Waals surface area contributed by atoms with Gasteiger partial charge in [-0.1, -0.05) is 5.10 Å². The molecule has 2 rings (SSSR count). The number of hydrogen-bond acceptors (Lipinski definition) is 6.